The number of methoxy groups -OCH3 is 1. The number of aliphatic hydroxyl groups excluding tert-OH is 4. The Morgan fingerprint density at radius 2 is 1.67 bits per heavy atom. The zero-order valence-corrected chi connectivity index (χ0v) is 17.2. The van der Waals surface area contributed by atoms with Crippen LogP contribution in [0.3, 0.4) is 0 Å². The number of aromatic hydroxyl groups is 3. The normalized spacial score (nSPS) is 25.3. The molecule has 0 radical (unpaired) electrons. The topological polar surface area (TPSA) is 190 Å². The summed E-state index contributed by atoms with van der Waals surface area (Å²) in [7, 11) is 1.34. The van der Waals surface area contributed by atoms with Gasteiger partial charge in [-0.15, -0.1) is 0 Å². The number of ether oxygens (including phenoxy) is 2. The summed E-state index contributed by atoms with van der Waals surface area (Å²) in [5, 5.41) is 70.6. The largest absolute Gasteiger partial charge is 0.507 e. The lowest BCUT2D eigenvalue weighted by Crippen LogP contribution is -2.55. The van der Waals surface area contributed by atoms with Gasteiger partial charge in [-0.2, -0.15) is 0 Å². The van der Waals surface area contributed by atoms with Crippen molar-refractivity contribution in [2.45, 2.75) is 30.5 Å². The highest BCUT2D eigenvalue weighted by molar-refractivity contribution is 5.89. The third-order valence-electron chi connectivity index (χ3n) is 5.64. The molecule has 1 fully saturated rings. The van der Waals surface area contributed by atoms with Gasteiger partial charge in [0.25, 0.3) is 0 Å². The number of rotatable bonds is 4. The molecule has 1 aromatic heterocycles. The Labute approximate surface area is 185 Å². The van der Waals surface area contributed by atoms with Gasteiger partial charge in [0.15, 0.2) is 22.5 Å². The number of aliphatic hydroxyl groups is 4. The Hall–Kier alpha value is -3.35. The second kappa shape index (κ2) is 8.54. The van der Waals surface area contributed by atoms with Crippen molar-refractivity contribution < 1.29 is 49.6 Å². The van der Waals surface area contributed by atoms with Crippen LogP contribution in [0.4, 0.5) is 0 Å². The van der Waals surface area contributed by atoms with Gasteiger partial charge in [0.1, 0.15) is 53.2 Å². The third-order valence-corrected chi connectivity index (χ3v) is 5.64. The van der Waals surface area contributed by atoms with Gasteiger partial charge in [0, 0.05) is 17.7 Å². The maximum Gasteiger partial charge on any atom is 0.197 e. The number of fused-ring (bicyclic) bond motifs is 1. The minimum atomic E-state index is -1.77. The van der Waals surface area contributed by atoms with Crippen molar-refractivity contribution in [2.75, 3.05) is 13.7 Å². The van der Waals surface area contributed by atoms with Crippen LogP contribution in [0, 0.1) is 0 Å². The lowest BCUT2D eigenvalue weighted by molar-refractivity contribution is -0.231. The fourth-order valence-electron chi connectivity index (χ4n) is 3.91. The van der Waals surface area contributed by atoms with Gasteiger partial charge in [-0.1, -0.05) is 0 Å². The average Bonchev–Trinajstić information content (AvgIpc) is 2.78. The highest BCUT2D eigenvalue weighted by atomic mass is 16.5. The Balaban J connectivity index is 1.97. The maximum atomic E-state index is 12.9. The number of phenolic OH excluding ortho intramolecular Hbond substituents is 3. The highest BCUT2D eigenvalue weighted by Gasteiger charge is 2.46. The van der Waals surface area contributed by atoms with E-state index in [0.29, 0.717) is 5.56 Å². The van der Waals surface area contributed by atoms with Crippen molar-refractivity contribution in [1.82, 2.24) is 0 Å². The molecule has 0 bridgehead atoms. The molecule has 11 heteroatoms. The Bertz CT molecular complexity index is 1250. The highest BCUT2D eigenvalue weighted by Crippen LogP contribution is 2.44. The molecule has 0 saturated carbocycles. The summed E-state index contributed by atoms with van der Waals surface area (Å²) in [6, 6.07) is 6.10. The van der Waals surface area contributed by atoms with E-state index >= 15 is 0 Å². The molecule has 0 spiro atoms. The van der Waals surface area contributed by atoms with E-state index in [1.165, 1.54) is 25.3 Å². The molecule has 2 aromatic carbocycles. The SMILES string of the molecule is COc1cc(-c2cc(=O)c3c(O)cc(O)c(C4OC(CO)[C@H](O)[C@H](O)[C@H]4O)c3o2)ccc1O. The van der Waals surface area contributed by atoms with Crippen molar-refractivity contribution >= 4 is 11.0 Å². The minimum Gasteiger partial charge on any atom is -0.507 e. The molecule has 5 atom stereocenters. The second-order valence-electron chi connectivity index (χ2n) is 7.64. The smallest absolute Gasteiger partial charge is 0.197 e. The molecule has 2 unspecified atom stereocenters. The van der Waals surface area contributed by atoms with Crippen molar-refractivity contribution in [3.05, 3.63) is 46.1 Å². The minimum absolute atomic E-state index is 0.0263. The van der Waals surface area contributed by atoms with E-state index < -0.39 is 54.1 Å². The first kappa shape index (κ1) is 22.8. The molecule has 11 nitrogen and oxygen atoms in total. The van der Waals surface area contributed by atoms with Gasteiger partial charge in [0.2, 0.25) is 0 Å². The second-order valence-corrected chi connectivity index (χ2v) is 7.64. The van der Waals surface area contributed by atoms with Crippen molar-refractivity contribution in [3.8, 4) is 34.3 Å². The van der Waals surface area contributed by atoms with E-state index in [4.69, 9.17) is 13.9 Å². The van der Waals surface area contributed by atoms with Crippen LogP contribution in [0.5, 0.6) is 23.0 Å². The monoisotopic (exact) mass is 462 g/mol. The van der Waals surface area contributed by atoms with Crippen molar-refractivity contribution in [3.63, 3.8) is 0 Å². The fraction of sp³-hybridized carbons (Fsp3) is 0.318. The molecule has 0 aliphatic carbocycles. The van der Waals surface area contributed by atoms with Gasteiger partial charge in [-0.3, -0.25) is 4.79 Å². The zero-order valence-electron chi connectivity index (χ0n) is 17.2. The van der Waals surface area contributed by atoms with E-state index in [2.05, 4.69) is 0 Å². The van der Waals surface area contributed by atoms with E-state index in [-0.39, 0.29) is 33.8 Å². The molecule has 1 aliphatic rings. The average molecular weight is 462 g/mol. The number of benzene rings is 2. The lowest BCUT2D eigenvalue weighted by atomic mass is 9.89. The van der Waals surface area contributed by atoms with Crippen LogP contribution in [0.15, 0.2) is 39.5 Å². The molecular formula is C22H22O11. The predicted octanol–water partition coefficient (Wildman–Crippen LogP) is 0.100. The van der Waals surface area contributed by atoms with E-state index in [1.807, 2.05) is 0 Å². The van der Waals surface area contributed by atoms with Gasteiger partial charge in [0.05, 0.1) is 19.3 Å². The van der Waals surface area contributed by atoms with Crippen LogP contribution < -0.4 is 10.2 Å². The van der Waals surface area contributed by atoms with Gasteiger partial charge < -0.3 is 49.6 Å². The first-order valence-electron chi connectivity index (χ1n) is 9.88. The van der Waals surface area contributed by atoms with Crippen LogP contribution in [-0.4, -0.2) is 73.9 Å². The molecule has 176 valence electrons. The summed E-state index contributed by atoms with van der Waals surface area (Å²) < 4.78 is 16.4. The zero-order chi connectivity index (χ0) is 24.0. The molecule has 33 heavy (non-hydrogen) atoms. The van der Waals surface area contributed by atoms with Gasteiger partial charge in [-0.25, -0.2) is 0 Å². The molecule has 3 aromatic rings. The summed E-state index contributed by atoms with van der Waals surface area (Å²) in [6.45, 7) is -0.708. The summed E-state index contributed by atoms with van der Waals surface area (Å²) in [4.78, 5) is 12.9. The standard InChI is InChI=1S/C22H22O11/c1-31-14-4-8(2-3-9(14)24)13-6-12(27)16-10(25)5-11(26)17(21(16)32-13)22-20(30)19(29)18(28)15(7-23)33-22/h2-6,15,18-20,22-26,28-30H,7H2,1H3/t15?,18-,19-,20+,22?/m0/s1. The summed E-state index contributed by atoms with van der Waals surface area (Å²) >= 11 is 0. The molecule has 1 aliphatic heterocycles. The summed E-state index contributed by atoms with van der Waals surface area (Å²) in [6.07, 6.45) is -7.98. The van der Waals surface area contributed by atoms with E-state index in [1.54, 1.807) is 0 Å². The fourth-order valence-corrected chi connectivity index (χ4v) is 3.91. The molecule has 1 saturated heterocycles. The van der Waals surface area contributed by atoms with E-state index in [0.717, 1.165) is 12.1 Å². The third kappa shape index (κ3) is 3.75. The molecular weight excluding hydrogens is 440 g/mol. The Kier molecular flexibility index (Phi) is 5.91. The maximum absolute atomic E-state index is 12.9. The number of phenols is 3. The summed E-state index contributed by atoms with van der Waals surface area (Å²) in [5.41, 5.74) is -0.997. The first-order chi connectivity index (χ1) is 15.7. The number of hydrogen-bond acceptors (Lipinski definition) is 11. The van der Waals surface area contributed by atoms with Crippen molar-refractivity contribution in [2.24, 2.45) is 0 Å². The van der Waals surface area contributed by atoms with Crippen LogP contribution in [0.1, 0.15) is 11.7 Å². The van der Waals surface area contributed by atoms with Crippen LogP contribution in [0.25, 0.3) is 22.3 Å². The summed E-state index contributed by atoms with van der Waals surface area (Å²) in [5.74, 6) is -1.29. The predicted molar refractivity (Wildman–Crippen MR) is 112 cm³/mol. The van der Waals surface area contributed by atoms with Gasteiger partial charge in [-0.05, 0) is 18.2 Å². The quantitative estimate of drug-likeness (QED) is 0.278. The van der Waals surface area contributed by atoms with E-state index in [9.17, 15) is 40.5 Å². The lowest BCUT2D eigenvalue weighted by Gasteiger charge is -2.40. The van der Waals surface area contributed by atoms with Crippen LogP contribution >= 0.6 is 0 Å². The van der Waals surface area contributed by atoms with Crippen molar-refractivity contribution in [1.29, 1.82) is 0 Å². The molecule has 2 heterocycles. The first-order valence-corrected chi connectivity index (χ1v) is 9.88. The van der Waals surface area contributed by atoms with Crippen LogP contribution in [0.2, 0.25) is 0 Å². The number of hydrogen-bond donors (Lipinski definition) is 7. The molecule has 7 N–H and O–H groups in total. The Morgan fingerprint density at radius 1 is 0.939 bits per heavy atom. The van der Waals surface area contributed by atoms with Gasteiger partial charge >= 0.3 is 0 Å². The Morgan fingerprint density at radius 3 is 2.33 bits per heavy atom. The molecule has 0 amide bonds. The van der Waals surface area contributed by atoms with Crippen LogP contribution in [-0.2, 0) is 4.74 Å². The molecule has 4 rings (SSSR count).